The molecule has 0 aromatic heterocycles. The molecule has 2 amide bonds. The highest BCUT2D eigenvalue weighted by atomic mass is 16.5. The van der Waals surface area contributed by atoms with Crippen LogP contribution in [-0.2, 0) is 20.7 Å². The van der Waals surface area contributed by atoms with Gasteiger partial charge < -0.3 is 19.7 Å². The number of fused-ring (bicyclic) bond motifs is 1. The second kappa shape index (κ2) is 6.90. The summed E-state index contributed by atoms with van der Waals surface area (Å²) in [5.41, 5.74) is 0.677. The van der Waals surface area contributed by atoms with Gasteiger partial charge in [0.25, 0.3) is 5.91 Å². The summed E-state index contributed by atoms with van der Waals surface area (Å²) in [5.74, 6) is -0.157. The van der Waals surface area contributed by atoms with Crippen LogP contribution in [0.4, 0.5) is 5.69 Å². The van der Waals surface area contributed by atoms with Crippen LogP contribution in [0.2, 0.25) is 0 Å². The van der Waals surface area contributed by atoms with Gasteiger partial charge in [-0.05, 0) is 38.0 Å². The van der Waals surface area contributed by atoms with E-state index in [1.54, 1.807) is 26.0 Å². The topological polar surface area (TPSA) is 84.9 Å². The molecule has 24 heavy (non-hydrogen) atoms. The molecule has 0 fully saturated rings. The number of rotatable bonds is 6. The average molecular weight is 334 g/mol. The second-order valence-corrected chi connectivity index (χ2v) is 5.96. The van der Waals surface area contributed by atoms with E-state index in [2.05, 4.69) is 5.32 Å². The lowest BCUT2D eigenvalue weighted by molar-refractivity contribution is -0.132. The molecule has 0 spiro atoms. The maximum atomic E-state index is 12.7. The zero-order valence-electron chi connectivity index (χ0n) is 14.3. The van der Waals surface area contributed by atoms with E-state index in [-0.39, 0.29) is 12.5 Å². The monoisotopic (exact) mass is 334 g/mol. The Labute approximate surface area is 140 Å². The molecule has 1 aromatic rings. The Kier molecular flexibility index (Phi) is 5.11. The normalized spacial score (nSPS) is 15.3. The number of anilines is 1. The molecule has 0 saturated heterocycles. The Morgan fingerprint density at radius 3 is 2.71 bits per heavy atom. The quantitative estimate of drug-likeness (QED) is 0.481. The summed E-state index contributed by atoms with van der Waals surface area (Å²) in [7, 11) is 1.32. The number of carbonyl (C=O) groups is 3. The van der Waals surface area contributed by atoms with Gasteiger partial charge in [0.05, 0.1) is 18.4 Å². The van der Waals surface area contributed by atoms with Crippen LogP contribution in [0.5, 0.6) is 5.75 Å². The lowest BCUT2D eigenvalue weighted by atomic mass is 9.98. The van der Waals surface area contributed by atoms with E-state index >= 15 is 0 Å². The van der Waals surface area contributed by atoms with Crippen LogP contribution >= 0.6 is 0 Å². The summed E-state index contributed by atoms with van der Waals surface area (Å²) in [4.78, 5) is 36.7. The van der Waals surface area contributed by atoms with Crippen LogP contribution in [0.1, 0.15) is 36.7 Å². The molecule has 0 unspecified atom stereocenters. The Balaban J connectivity index is 2.53. The van der Waals surface area contributed by atoms with Gasteiger partial charge in [-0.15, -0.1) is 0 Å². The van der Waals surface area contributed by atoms with Crippen molar-refractivity contribution in [3.63, 3.8) is 0 Å². The first-order valence-corrected chi connectivity index (χ1v) is 7.79. The SMILES string of the molecule is CCc1cc2c(cc1C(=O)OC)N(CCNC=O)C(=O)C(C)(C)O2. The average Bonchev–Trinajstić information content (AvgIpc) is 2.56. The minimum absolute atomic E-state index is 0.234. The van der Waals surface area contributed by atoms with Crippen LogP contribution in [-0.4, -0.2) is 44.1 Å². The van der Waals surface area contributed by atoms with Crippen molar-refractivity contribution in [3.05, 3.63) is 23.3 Å². The predicted molar refractivity (Wildman–Crippen MR) is 88.3 cm³/mol. The van der Waals surface area contributed by atoms with Crippen LogP contribution in [0.25, 0.3) is 0 Å². The van der Waals surface area contributed by atoms with Gasteiger partial charge in [-0.25, -0.2) is 4.79 Å². The summed E-state index contributed by atoms with van der Waals surface area (Å²) in [6, 6.07) is 3.39. The number of nitrogens with one attached hydrogen (secondary N) is 1. The Hall–Kier alpha value is -2.57. The number of aryl methyl sites for hydroxylation is 1. The van der Waals surface area contributed by atoms with Gasteiger partial charge in [-0.1, -0.05) is 6.92 Å². The van der Waals surface area contributed by atoms with Crippen molar-refractivity contribution in [3.8, 4) is 5.75 Å². The third kappa shape index (κ3) is 3.20. The van der Waals surface area contributed by atoms with E-state index in [9.17, 15) is 14.4 Å². The molecule has 0 bridgehead atoms. The van der Waals surface area contributed by atoms with E-state index in [1.807, 2.05) is 6.92 Å². The summed E-state index contributed by atoms with van der Waals surface area (Å²) in [6.45, 7) is 5.90. The molecule has 0 atom stereocenters. The maximum Gasteiger partial charge on any atom is 0.338 e. The molecule has 1 N–H and O–H groups in total. The molecule has 130 valence electrons. The first kappa shape index (κ1) is 17.8. The maximum absolute atomic E-state index is 12.7. The van der Waals surface area contributed by atoms with Crippen LogP contribution < -0.4 is 15.0 Å². The molecule has 0 radical (unpaired) electrons. The molecule has 7 nitrogen and oxygen atoms in total. The molecule has 1 aliphatic heterocycles. The van der Waals surface area contributed by atoms with Gasteiger partial charge >= 0.3 is 5.97 Å². The molecule has 1 heterocycles. The van der Waals surface area contributed by atoms with E-state index in [0.29, 0.717) is 36.4 Å². The van der Waals surface area contributed by atoms with E-state index in [0.717, 1.165) is 5.56 Å². The Morgan fingerprint density at radius 2 is 2.12 bits per heavy atom. The van der Waals surface area contributed by atoms with Gasteiger partial charge in [-0.2, -0.15) is 0 Å². The van der Waals surface area contributed by atoms with Crippen LogP contribution in [0.15, 0.2) is 12.1 Å². The molecule has 2 rings (SSSR count). The fraction of sp³-hybridized carbons (Fsp3) is 0.471. The number of amides is 2. The Morgan fingerprint density at radius 1 is 1.42 bits per heavy atom. The van der Waals surface area contributed by atoms with E-state index in [4.69, 9.17) is 9.47 Å². The van der Waals surface area contributed by atoms with Crippen molar-refractivity contribution in [2.45, 2.75) is 32.8 Å². The Bertz CT molecular complexity index is 669. The largest absolute Gasteiger partial charge is 0.476 e. The number of hydrogen-bond donors (Lipinski definition) is 1. The number of ether oxygens (including phenoxy) is 2. The minimum Gasteiger partial charge on any atom is -0.476 e. The lowest BCUT2D eigenvalue weighted by Gasteiger charge is -2.39. The molecule has 0 saturated carbocycles. The highest BCUT2D eigenvalue weighted by Crippen LogP contribution is 2.40. The molecule has 1 aliphatic rings. The number of benzene rings is 1. The van der Waals surface area contributed by atoms with Crippen LogP contribution in [0, 0.1) is 0 Å². The molecule has 0 aliphatic carbocycles. The lowest BCUT2D eigenvalue weighted by Crippen LogP contribution is -2.54. The number of nitrogens with zero attached hydrogens (tertiary/aromatic N) is 1. The molecule has 7 heteroatoms. The smallest absolute Gasteiger partial charge is 0.338 e. The van der Waals surface area contributed by atoms with Crippen molar-refractivity contribution in [2.24, 2.45) is 0 Å². The van der Waals surface area contributed by atoms with Gasteiger partial charge in [0.2, 0.25) is 6.41 Å². The first-order valence-electron chi connectivity index (χ1n) is 7.79. The summed E-state index contributed by atoms with van der Waals surface area (Å²) in [6.07, 6.45) is 1.21. The van der Waals surface area contributed by atoms with Gasteiger partial charge in [0.15, 0.2) is 5.60 Å². The van der Waals surface area contributed by atoms with Crippen molar-refractivity contribution >= 4 is 24.0 Å². The van der Waals surface area contributed by atoms with Gasteiger partial charge in [0, 0.05) is 13.1 Å². The van der Waals surface area contributed by atoms with E-state index in [1.165, 1.54) is 12.0 Å². The van der Waals surface area contributed by atoms with Gasteiger partial charge in [0.1, 0.15) is 5.75 Å². The highest BCUT2D eigenvalue weighted by Gasteiger charge is 2.41. The number of esters is 1. The standard InChI is InChI=1S/C17H22N2O5/c1-5-11-8-14-13(9-12(11)15(21)23-4)19(7-6-18-10-20)16(22)17(2,3)24-14/h8-10H,5-7H2,1-4H3,(H,18,20). The zero-order chi connectivity index (χ0) is 17.9. The third-order valence-electron chi connectivity index (χ3n) is 3.95. The minimum atomic E-state index is -1.02. The molecular weight excluding hydrogens is 312 g/mol. The fourth-order valence-electron chi connectivity index (χ4n) is 2.71. The highest BCUT2D eigenvalue weighted by molar-refractivity contribution is 6.04. The van der Waals surface area contributed by atoms with Crippen LogP contribution in [0.3, 0.4) is 0 Å². The molecular formula is C17H22N2O5. The summed E-state index contributed by atoms with van der Waals surface area (Å²) in [5, 5.41) is 2.54. The summed E-state index contributed by atoms with van der Waals surface area (Å²) >= 11 is 0. The van der Waals surface area contributed by atoms with Gasteiger partial charge in [-0.3, -0.25) is 9.59 Å². The third-order valence-corrected chi connectivity index (χ3v) is 3.95. The number of carbonyl (C=O) groups excluding carboxylic acids is 3. The van der Waals surface area contributed by atoms with E-state index < -0.39 is 11.6 Å². The number of methoxy groups -OCH3 is 1. The van der Waals surface area contributed by atoms with Crippen molar-refractivity contribution in [1.29, 1.82) is 0 Å². The van der Waals surface area contributed by atoms with Crippen molar-refractivity contribution in [2.75, 3.05) is 25.1 Å². The fourth-order valence-corrected chi connectivity index (χ4v) is 2.71. The zero-order valence-corrected chi connectivity index (χ0v) is 14.3. The second-order valence-electron chi connectivity index (χ2n) is 5.96. The predicted octanol–water partition coefficient (Wildman–Crippen LogP) is 1.29. The first-order chi connectivity index (χ1) is 11.4. The number of hydrogen-bond acceptors (Lipinski definition) is 5. The van der Waals surface area contributed by atoms with Crippen molar-refractivity contribution in [1.82, 2.24) is 5.32 Å². The van der Waals surface area contributed by atoms with Crippen molar-refractivity contribution < 1.29 is 23.9 Å². The molecule has 1 aromatic carbocycles. The summed E-state index contributed by atoms with van der Waals surface area (Å²) < 4.78 is 10.7.